The fourth-order valence-electron chi connectivity index (χ4n) is 5.44. The monoisotopic (exact) mass is 388 g/mol. The summed E-state index contributed by atoms with van der Waals surface area (Å²) in [5.41, 5.74) is 8.25. The molecule has 29 heavy (non-hydrogen) atoms. The van der Waals surface area contributed by atoms with Gasteiger partial charge in [0, 0.05) is 17.6 Å². The Hall–Kier alpha value is -2.99. The standard InChI is InChI=1S/C23H24N4O2/c24-21(25)16-10-8-15(9-11-16)20-19-18(17-7-4-12-26(17)20)22(28)27(23(19)29)13-14-5-2-1-3-6-14/h1-3,5-6,8-11,17-20H,4,7,12-13H2,(H3,24,25)/t17?,18?,19?,20-/m0/s1. The summed E-state index contributed by atoms with van der Waals surface area (Å²) < 4.78 is 0. The Bertz CT molecular complexity index is 972. The van der Waals surface area contributed by atoms with E-state index in [2.05, 4.69) is 4.90 Å². The zero-order valence-corrected chi connectivity index (χ0v) is 16.1. The molecule has 3 N–H and O–H groups in total. The third kappa shape index (κ3) is 2.78. The molecule has 2 amide bonds. The Morgan fingerprint density at radius 1 is 1.00 bits per heavy atom. The molecule has 148 valence electrons. The van der Waals surface area contributed by atoms with Crippen LogP contribution < -0.4 is 5.73 Å². The Labute approximate surface area is 169 Å². The number of nitrogens with zero attached hydrogens (tertiary/aromatic N) is 2. The highest BCUT2D eigenvalue weighted by Gasteiger charge is 2.62. The van der Waals surface area contributed by atoms with Crippen molar-refractivity contribution < 1.29 is 9.59 Å². The Morgan fingerprint density at radius 2 is 1.69 bits per heavy atom. The first-order chi connectivity index (χ1) is 14.1. The van der Waals surface area contributed by atoms with Crippen molar-refractivity contribution >= 4 is 17.6 Å². The second-order valence-electron chi connectivity index (χ2n) is 8.23. The molecule has 2 aromatic carbocycles. The van der Waals surface area contributed by atoms with Crippen molar-refractivity contribution in [1.82, 2.24) is 9.80 Å². The number of hydrogen-bond donors (Lipinski definition) is 2. The van der Waals surface area contributed by atoms with E-state index in [4.69, 9.17) is 11.1 Å². The molecule has 0 bridgehead atoms. The molecule has 0 saturated carbocycles. The number of rotatable bonds is 4. The van der Waals surface area contributed by atoms with Crippen LogP contribution in [0.1, 0.15) is 35.6 Å². The summed E-state index contributed by atoms with van der Waals surface area (Å²) in [7, 11) is 0. The van der Waals surface area contributed by atoms with Crippen molar-refractivity contribution in [3.8, 4) is 0 Å². The summed E-state index contributed by atoms with van der Waals surface area (Å²) >= 11 is 0. The molecule has 6 heteroatoms. The Kier molecular flexibility index (Phi) is 4.24. The molecule has 3 fully saturated rings. The van der Waals surface area contributed by atoms with Gasteiger partial charge in [-0.3, -0.25) is 24.8 Å². The SMILES string of the molecule is N=C(N)c1ccc([C@H]2C3C(=O)N(Cc4ccccc4)C(=O)C3C3CCCN32)cc1. The van der Waals surface area contributed by atoms with Crippen LogP contribution in [0.2, 0.25) is 0 Å². The van der Waals surface area contributed by atoms with E-state index >= 15 is 0 Å². The van der Waals surface area contributed by atoms with Gasteiger partial charge in [0.05, 0.1) is 18.4 Å². The average Bonchev–Trinajstić information content (AvgIpc) is 3.37. The maximum Gasteiger partial charge on any atom is 0.235 e. The number of likely N-dealkylation sites (tertiary alicyclic amines) is 1. The highest BCUT2D eigenvalue weighted by molar-refractivity contribution is 6.06. The molecule has 0 spiro atoms. The lowest BCUT2D eigenvalue weighted by Gasteiger charge is -2.29. The van der Waals surface area contributed by atoms with Crippen molar-refractivity contribution in [3.05, 3.63) is 71.3 Å². The number of carbonyl (C=O) groups is 2. The van der Waals surface area contributed by atoms with E-state index in [0.717, 1.165) is 30.5 Å². The number of amidine groups is 1. The summed E-state index contributed by atoms with van der Waals surface area (Å²) in [6, 6.07) is 17.3. The molecule has 6 nitrogen and oxygen atoms in total. The molecule has 3 saturated heterocycles. The molecule has 3 aliphatic heterocycles. The van der Waals surface area contributed by atoms with Crippen LogP contribution in [0.4, 0.5) is 0 Å². The molecule has 0 aromatic heterocycles. The number of benzene rings is 2. The fourth-order valence-corrected chi connectivity index (χ4v) is 5.44. The van der Waals surface area contributed by atoms with Gasteiger partial charge < -0.3 is 5.73 Å². The van der Waals surface area contributed by atoms with Crippen molar-refractivity contribution in [3.63, 3.8) is 0 Å². The van der Waals surface area contributed by atoms with E-state index in [9.17, 15) is 9.59 Å². The highest BCUT2D eigenvalue weighted by atomic mass is 16.2. The predicted octanol–water partition coefficient (Wildman–Crippen LogP) is 2.29. The van der Waals surface area contributed by atoms with Crippen LogP contribution >= 0.6 is 0 Å². The number of nitrogen functional groups attached to an aromatic ring is 1. The summed E-state index contributed by atoms with van der Waals surface area (Å²) in [6.07, 6.45) is 2.01. The molecule has 3 heterocycles. The van der Waals surface area contributed by atoms with Gasteiger partial charge in [-0.15, -0.1) is 0 Å². The summed E-state index contributed by atoms with van der Waals surface area (Å²) in [6.45, 7) is 1.25. The normalized spacial score (nSPS) is 28.6. The maximum absolute atomic E-state index is 13.4. The van der Waals surface area contributed by atoms with Gasteiger partial charge in [0.1, 0.15) is 5.84 Å². The van der Waals surface area contributed by atoms with E-state index in [1.807, 2.05) is 54.6 Å². The fraction of sp³-hybridized carbons (Fsp3) is 0.348. The van der Waals surface area contributed by atoms with Crippen molar-refractivity contribution in [2.75, 3.05) is 6.54 Å². The van der Waals surface area contributed by atoms with Crippen LogP contribution in [0.3, 0.4) is 0 Å². The van der Waals surface area contributed by atoms with Crippen molar-refractivity contribution in [1.29, 1.82) is 5.41 Å². The van der Waals surface area contributed by atoms with E-state index in [1.165, 1.54) is 4.90 Å². The first kappa shape index (κ1) is 18.1. The van der Waals surface area contributed by atoms with Crippen LogP contribution in [0.15, 0.2) is 54.6 Å². The van der Waals surface area contributed by atoms with E-state index in [-0.39, 0.29) is 41.6 Å². The first-order valence-corrected chi connectivity index (χ1v) is 10.2. The maximum atomic E-state index is 13.4. The number of imide groups is 1. The van der Waals surface area contributed by atoms with Crippen LogP contribution in [-0.4, -0.2) is 40.0 Å². The highest BCUT2D eigenvalue weighted by Crippen LogP contribution is 2.53. The molecule has 2 aromatic rings. The summed E-state index contributed by atoms with van der Waals surface area (Å²) in [4.78, 5) is 30.5. The number of nitrogens with one attached hydrogen (secondary N) is 1. The smallest absolute Gasteiger partial charge is 0.235 e. The van der Waals surface area contributed by atoms with Crippen LogP contribution in [0, 0.1) is 17.2 Å². The van der Waals surface area contributed by atoms with Gasteiger partial charge in [0.2, 0.25) is 11.8 Å². The van der Waals surface area contributed by atoms with Crippen molar-refractivity contribution in [2.24, 2.45) is 17.6 Å². The molecule has 0 aliphatic carbocycles. The van der Waals surface area contributed by atoms with Gasteiger partial charge in [-0.25, -0.2) is 0 Å². The molecule has 5 rings (SSSR count). The topological polar surface area (TPSA) is 90.5 Å². The minimum atomic E-state index is -0.334. The zero-order chi connectivity index (χ0) is 20.1. The minimum absolute atomic E-state index is 0.0244. The third-order valence-electron chi connectivity index (χ3n) is 6.69. The summed E-state index contributed by atoms with van der Waals surface area (Å²) in [5.74, 6) is -0.644. The molecule has 0 radical (unpaired) electrons. The number of carbonyl (C=O) groups excluding carboxylic acids is 2. The largest absolute Gasteiger partial charge is 0.384 e. The molecular weight excluding hydrogens is 364 g/mol. The minimum Gasteiger partial charge on any atom is -0.384 e. The Balaban J connectivity index is 1.49. The average molecular weight is 388 g/mol. The number of nitrogens with two attached hydrogens (primary N) is 1. The van der Waals surface area contributed by atoms with E-state index in [1.54, 1.807) is 0 Å². The number of hydrogen-bond acceptors (Lipinski definition) is 4. The second-order valence-corrected chi connectivity index (χ2v) is 8.23. The predicted molar refractivity (Wildman–Crippen MR) is 109 cm³/mol. The van der Waals surface area contributed by atoms with Gasteiger partial charge in [-0.05, 0) is 30.5 Å². The van der Waals surface area contributed by atoms with Gasteiger partial charge in [-0.1, -0.05) is 54.6 Å². The molecular formula is C23H24N4O2. The number of fused-ring (bicyclic) bond motifs is 3. The van der Waals surface area contributed by atoms with Crippen LogP contribution in [0.25, 0.3) is 0 Å². The van der Waals surface area contributed by atoms with Gasteiger partial charge in [-0.2, -0.15) is 0 Å². The quantitative estimate of drug-likeness (QED) is 0.478. The van der Waals surface area contributed by atoms with Gasteiger partial charge in [0.15, 0.2) is 0 Å². The van der Waals surface area contributed by atoms with Crippen molar-refractivity contribution in [2.45, 2.75) is 31.5 Å². The van der Waals surface area contributed by atoms with Gasteiger partial charge in [0.25, 0.3) is 0 Å². The van der Waals surface area contributed by atoms with Crippen LogP contribution in [0.5, 0.6) is 0 Å². The molecule has 3 unspecified atom stereocenters. The zero-order valence-electron chi connectivity index (χ0n) is 16.1. The first-order valence-electron chi connectivity index (χ1n) is 10.2. The molecule has 3 aliphatic rings. The van der Waals surface area contributed by atoms with E-state index < -0.39 is 0 Å². The lowest BCUT2D eigenvalue weighted by atomic mass is 9.85. The lowest BCUT2D eigenvalue weighted by Crippen LogP contribution is -2.38. The molecule has 4 atom stereocenters. The lowest BCUT2D eigenvalue weighted by molar-refractivity contribution is -0.142. The van der Waals surface area contributed by atoms with Crippen LogP contribution in [-0.2, 0) is 16.1 Å². The third-order valence-corrected chi connectivity index (χ3v) is 6.69. The van der Waals surface area contributed by atoms with Gasteiger partial charge >= 0.3 is 0 Å². The second kappa shape index (κ2) is 6.81. The summed E-state index contributed by atoms with van der Waals surface area (Å²) in [5, 5.41) is 7.60. The number of amides is 2. The van der Waals surface area contributed by atoms with E-state index in [0.29, 0.717) is 12.1 Å². The Morgan fingerprint density at radius 3 is 2.38 bits per heavy atom.